The zero-order valence-electron chi connectivity index (χ0n) is 16.5. The molecule has 1 heterocycles. The Morgan fingerprint density at radius 1 is 1.10 bits per heavy atom. The zero-order valence-corrected chi connectivity index (χ0v) is 16.5. The molecule has 0 saturated heterocycles. The lowest BCUT2D eigenvalue weighted by atomic mass is 10.2. The van der Waals surface area contributed by atoms with Gasteiger partial charge < -0.3 is 23.4 Å². The molecule has 3 rings (SSSR count). The molecule has 0 bridgehead atoms. The van der Waals surface area contributed by atoms with Crippen LogP contribution in [0.4, 0.5) is 0 Å². The monoisotopic (exact) mass is 398 g/mol. The zero-order chi connectivity index (χ0) is 20.8. The largest absolute Gasteiger partial charge is 0.479 e. The number of hydrogen-bond donors (Lipinski definition) is 0. The Hall–Kier alpha value is -3.32. The van der Waals surface area contributed by atoms with Crippen LogP contribution in [0.5, 0.6) is 17.2 Å². The maximum absolute atomic E-state index is 12.7. The molecule has 0 unspecified atom stereocenters. The third kappa shape index (κ3) is 5.14. The molecule has 1 aromatic heterocycles. The fourth-order valence-electron chi connectivity index (χ4n) is 2.64. The van der Waals surface area contributed by atoms with Crippen molar-refractivity contribution >= 4 is 16.9 Å². The lowest BCUT2D eigenvalue weighted by molar-refractivity contribution is -0.152. The van der Waals surface area contributed by atoms with E-state index in [1.54, 1.807) is 31.2 Å². The Morgan fingerprint density at radius 2 is 1.93 bits per heavy atom. The summed E-state index contributed by atoms with van der Waals surface area (Å²) in [6, 6.07) is 12.1. The summed E-state index contributed by atoms with van der Waals surface area (Å²) in [5.41, 5.74) is 1.04. The molecule has 152 valence electrons. The van der Waals surface area contributed by atoms with Crippen molar-refractivity contribution in [2.24, 2.45) is 0 Å². The lowest BCUT2D eigenvalue weighted by Gasteiger charge is -2.14. The van der Waals surface area contributed by atoms with Gasteiger partial charge in [-0.1, -0.05) is 12.1 Å². The van der Waals surface area contributed by atoms with Gasteiger partial charge in [0.05, 0.1) is 12.0 Å². The van der Waals surface area contributed by atoms with Gasteiger partial charge >= 0.3 is 5.97 Å². The van der Waals surface area contributed by atoms with Gasteiger partial charge in [0.1, 0.15) is 30.0 Å². The number of aryl methyl sites for hydroxylation is 1. The summed E-state index contributed by atoms with van der Waals surface area (Å²) in [6.07, 6.45) is 0.444. The van der Waals surface area contributed by atoms with Gasteiger partial charge in [-0.3, -0.25) is 4.79 Å². The summed E-state index contributed by atoms with van der Waals surface area (Å²) in [5.74, 6) is 0.513. The van der Waals surface area contributed by atoms with Crippen LogP contribution in [0.25, 0.3) is 11.0 Å². The summed E-state index contributed by atoms with van der Waals surface area (Å²) in [7, 11) is 1.52. The molecule has 0 aliphatic carbocycles. The Labute approximate surface area is 167 Å². The molecule has 0 fully saturated rings. The molecule has 0 amide bonds. The third-order valence-corrected chi connectivity index (χ3v) is 4.11. The number of carbonyl (C=O) groups excluding carboxylic acids is 1. The second-order valence-corrected chi connectivity index (χ2v) is 6.43. The van der Waals surface area contributed by atoms with E-state index in [1.165, 1.54) is 13.4 Å². The fourth-order valence-corrected chi connectivity index (χ4v) is 2.64. The summed E-state index contributed by atoms with van der Waals surface area (Å²) in [5, 5.41) is 0.345. The van der Waals surface area contributed by atoms with Crippen LogP contribution in [0, 0.1) is 6.92 Å². The van der Waals surface area contributed by atoms with Gasteiger partial charge in [-0.15, -0.1) is 0 Å². The van der Waals surface area contributed by atoms with Crippen LogP contribution in [0.2, 0.25) is 0 Å². The van der Waals surface area contributed by atoms with Crippen LogP contribution in [0.3, 0.4) is 0 Å². The number of benzene rings is 2. The molecular formula is C22H22O7. The predicted molar refractivity (Wildman–Crippen MR) is 107 cm³/mol. The van der Waals surface area contributed by atoms with Crippen molar-refractivity contribution in [3.05, 3.63) is 64.5 Å². The topological polar surface area (TPSA) is 84.2 Å². The van der Waals surface area contributed by atoms with Crippen molar-refractivity contribution in [2.75, 3.05) is 20.3 Å². The van der Waals surface area contributed by atoms with Gasteiger partial charge in [0, 0.05) is 13.2 Å². The molecule has 0 radical (unpaired) electrons. The van der Waals surface area contributed by atoms with Crippen LogP contribution < -0.4 is 14.9 Å². The quantitative estimate of drug-likeness (QED) is 0.421. The van der Waals surface area contributed by atoms with Gasteiger partial charge in [-0.25, -0.2) is 4.79 Å². The van der Waals surface area contributed by atoms with E-state index in [-0.39, 0.29) is 17.8 Å². The Balaban J connectivity index is 1.75. The molecule has 29 heavy (non-hydrogen) atoms. The highest BCUT2D eigenvalue weighted by molar-refractivity contribution is 5.79. The van der Waals surface area contributed by atoms with Gasteiger partial charge in [0.2, 0.25) is 11.2 Å². The number of methoxy groups -OCH3 is 1. The molecular weight excluding hydrogens is 376 g/mol. The molecule has 2 aromatic carbocycles. The highest BCUT2D eigenvalue weighted by Crippen LogP contribution is 2.25. The van der Waals surface area contributed by atoms with E-state index in [1.807, 2.05) is 25.1 Å². The molecule has 1 atom stereocenters. The van der Waals surface area contributed by atoms with E-state index >= 15 is 0 Å². The van der Waals surface area contributed by atoms with Gasteiger partial charge in [0.15, 0.2) is 6.10 Å². The fraction of sp³-hybridized carbons (Fsp3) is 0.273. The molecule has 0 spiro atoms. The van der Waals surface area contributed by atoms with Crippen LogP contribution in [-0.4, -0.2) is 32.4 Å². The first kappa shape index (κ1) is 20.4. The molecule has 0 aliphatic rings. The van der Waals surface area contributed by atoms with Crippen LogP contribution in [-0.2, 0) is 14.3 Å². The number of ether oxygens (including phenoxy) is 4. The Bertz CT molecular complexity index is 1050. The predicted octanol–water partition coefficient (Wildman–Crippen LogP) is 3.85. The number of esters is 1. The van der Waals surface area contributed by atoms with Crippen molar-refractivity contribution in [2.45, 2.75) is 20.0 Å². The maximum Gasteiger partial charge on any atom is 0.347 e. The van der Waals surface area contributed by atoms with E-state index in [9.17, 15) is 9.59 Å². The minimum absolute atomic E-state index is 0.0897. The smallest absolute Gasteiger partial charge is 0.347 e. The molecule has 0 aliphatic heterocycles. The Kier molecular flexibility index (Phi) is 6.51. The standard InChI is InChI=1S/C22H22O7/c1-14-5-4-6-16(11-14)29-20-13-27-19-12-17(7-8-18(19)21(20)23)28-15(2)22(24)26-10-9-25-3/h4-8,11-13,15H,9-10H2,1-3H3/t15-/m0/s1. The van der Waals surface area contributed by atoms with E-state index in [0.717, 1.165) is 5.56 Å². The van der Waals surface area contributed by atoms with E-state index < -0.39 is 12.1 Å². The number of fused-ring (bicyclic) bond motifs is 1. The molecule has 7 nitrogen and oxygen atoms in total. The summed E-state index contributed by atoms with van der Waals surface area (Å²) >= 11 is 0. The molecule has 0 N–H and O–H groups in total. The highest BCUT2D eigenvalue weighted by atomic mass is 16.6. The minimum Gasteiger partial charge on any atom is -0.479 e. The van der Waals surface area contributed by atoms with Crippen molar-refractivity contribution in [3.8, 4) is 17.2 Å². The van der Waals surface area contributed by atoms with E-state index in [0.29, 0.717) is 29.1 Å². The normalized spacial score (nSPS) is 11.8. The molecule has 7 heteroatoms. The van der Waals surface area contributed by atoms with Crippen molar-refractivity contribution in [3.63, 3.8) is 0 Å². The third-order valence-electron chi connectivity index (χ3n) is 4.11. The van der Waals surface area contributed by atoms with Gasteiger partial charge in [-0.05, 0) is 43.7 Å². The van der Waals surface area contributed by atoms with E-state index in [2.05, 4.69) is 0 Å². The van der Waals surface area contributed by atoms with Gasteiger partial charge in [0.25, 0.3) is 0 Å². The highest BCUT2D eigenvalue weighted by Gasteiger charge is 2.17. The van der Waals surface area contributed by atoms with Crippen LogP contribution in [0.15, 0.2) is 57.9 Å². The second kappa shape index (κ2) is 9.25. The number of rotatable bonds is 8. The summed E-state index contributed by atoms with van der Waals surface area (Å²) in [6.45, 7) is 3.98. The first-order chi connectivity index (χ1) is 14.0. The van der Waals surface area contributed by atoms with Gasteiger partial charge in [-0.2, -0.15) is 0 Å². The average Bonchev–Trinajstić information content (AvgIpc) is 2.70. The first-order valence-electron chi connectivity index (χ1n) is 9.10. The summed E-state index contributed by atoms with van der Waals surface area (Å²) < 4.78 is 26.7. The van der Waals surface area contributed by atoms with E-state index in [4.69, 9.17) is 23.4 Å². The Morgan fingerprint density at radius 3 is 2.69 bits per heavy atom. The number of hydrogen-bond acceptors (Lipinski definition) is 7. The minimum atomic E-state index is -0.819. The molecule has 3 aromatic rings. The van der Waals surface area contributed by atoms with Crippen molar-refractivity contribution < 1.29 is 28.2 Å². The second-order valence-electron chi connectivity index (χ2n) is 6.43. The number of carbonyl (C=O) groups is 1. The van der Waals surface area contributed by atoms with Crippen molar-refractivity contribution in [1.29, 1.82) is 0 Å². The SMILES string of the molecule is COCCOC(=O)[C@H](C)Oc1ccc2c(=O)c(Oc3cccc(C)c3)coc2c1. The first-order valence-corrected chi connectivity index (χ1v) is 9.10. The van der Waals surface area contributed by atoms with Crippen LogP contribution >= 0.6 is 0 Å². The lowest BCUT2D eigenvalue weighted by Crippen LogP contribution is -2.27. The molecule has 0 saturated carbocycles. The summed E-state index contributed by atoms with van der Waals surface area (Å²) in [4.78, 5) is 24.6. The van der Waals surface area contributed by atoms with Crippen LogP contribution in [0.1, 0.15) is 12.5 Å². The maximum atomic E-state index is 12.7. The average molecular weight is 398 g/mol. The van der Waals surface area contributed by atoms with Crippen molar-refractivity contribution in [1.82, 2.24) is 0 Å².